The van der Waals surface area contributed by atoms with Gasteiger partial charge >= 0.3 is 5.97 Å². The molecule has 2 saturated heterocycles. The Morgan fingerprint density at radius 1 is 1.03 bits per heavy atom. The average Bonchev–Trinajstić information content (AvgIpc) is 2.95. The lowest BCUT2D eigenvalue weighted by Gasteiger charge is -2.56. The highest BCUT2D eigenvalue weighted by atomic mass is 35.5. The molecule has 0 N–H and O–H groups in total. The maximum absolute atomic E-state index is 13.8. The lowest BCUT2D eigenvalue weighted by molar-refractivity contribution is -0.165. The fraction of sp³-hybridized carbons (Fsp3) is 0.241. The molecule has 5 rings (SSSR count). The van der Waals surface area contributed by atoms with Crippen LogP contribution in [0.15, 0.2) is 84.9 Å². The number of hydrogen-bond acceptors (Lipinski definition) is 6. The van der Waals surface area contributed by atoms with E-state index in [0.29, 0.717) is 10.0 Å². The number of benzene rings is 3. The summed E-state index contributed by atoms with van der Waals surface area (Å²) < 4.78 is 6.02. The molecule has 3 atom stereocenters. The zero-order valence-electron chi connectivity index (χ0n) is 20.8. The van der Waals surface area contributed by atoms with Gasteiger partial charge in [0.05, 0.1) is 4.99 Å². The van der Waals surface area contributed by atoms with Crippen molar-refractivity contribution in [2.24, 2.45) is 5.41 Å². The van der Waals surface area contributed by atoms with Crippen molar-refractivity contribution in [1.29, 1.82) is 0 Å². The number of anilines is 1. The fourth-order valence-corrected chi connectivity index (χ4v) is 7.13. The van der Waals surface area contributed by atoms with Gasteiger partial charge in [-0.05, 0) is 53.9 Å². The summed E-state index contributed by atoms with van der Waals surface area (Å²) in [4.78, 5) is 43.9. The normalized spacial score (nSPS) is 22.1. The molecule has 0 saturated carbocycles. The SMILES string of the molecule is CC(=S)N(c1ccc(Cl)cc1)C1C(=O)N2CC(C(=O)Cl)(C(=O)OC(c3ccccc3)c3ccccc3)CS[C@H]12. The van der Waals surface area contributed by atoms with Crippen molar-refractivity contribution in [2.75, 3.05) is 17.2 Å². The number of β-lactam (4-membered cyclic amide) rings is 1. The summed E-state index contributed by atoms with van der Waals surface area (Å²) >= 11 is 19.0. The summed E-state index contributed by atoms with van der Waals surface area (Å²) in [5, 5.41) is -0.597. The smallest absolute Gasteiger partial charge is 0.324 e. The van der Waals surface area contributed by atoms with Crippen LogP contribution in [0.1, 0.15) is 24.2 Å². The van der Waals surface area contributed by atoms with Crippen LogP contribution in [0.2, 0.25) is 5.02 Å². The first-order chi connectivity index (χ1) is 18.7. The van der Waals surface area contributed by atoms with Gasteiger partial charge in [0.2, 0.25) is 11.1 Å². The van der Waals surface area contributed by atoms with E-state index in [0.717, 1.165) is 16.8 Å². The number of rotatable bonds is 7. The molecular formula is C29H24Cl2N2O4S2. The van der Waals surface area contributed by atoms with E-state index in [-0.39, 0.29) is 23.6 Å². The summed E-state index contributed by atoms with van der Waals surface area (Å²) in [5.74, 6) is -0.938. The largest absolute Gasteiger partial charge is 0.452 e. The van der Waals surface area contributed by atoms with Crippen LogP contribution in [0, 0.1) is 5.41 Å². The van der Waals surface area contributed by atoms with Crippen molar-refractivity contribution in [1.82, 2.24) is 4.90 Å². The molecule has 1 amide bonds. The third-order valence-electron chi connectivity index (χ3n) is 6.97. The Kier molecular flexibility index (Phi) is 8.01. The number of fused-ring (bicyclic) bond motifs is 1. The average molecular weight is 600 g/mol. The van der Waals surface area contributed by atoms with Crippen molar-refractivity contribution in [3.05, 3.63) is 101 Å². The van der Waals surface area contributed by atoms with Crippen LogP contribution >= 0.6 is 47.2 Å². The summed E-state index contributed by atoms with van der Waals surface area (Å²) in [6.45, 7) is 1.59. The molecule has 0 spiro atoms. The molecule has 2 aliphatic heterocycles. The number of esters is 1. The Balaban J connectivity index is 1.40. The number of ether oxygens (including phenoxy) is 1. The van der Waals surface area contributed by atoms with E-state index >= 15 is 0 Å². The highest BCUT2D eigenvalue weighted by Gasteiger charge is 2.62. The van der Waals surface area contributed by atoms with Crippen LogP contribution in [0.4, 0.5) is 5.69 Å². The molecule has 10 heteroatoms. The molecule has 39 heavy (non-hydrogen) atoms. The van der Waals surface area contributed by atoms with Crippen LogP contribution in [-0.2, 0) is 19.1 Å². The molecule has 6 nitrogen and oxygen atoms in total. The predicted octanol–water partition coefficient (Wildman–Crippen LogP) is 5.86. The van der Waals surface area contributed by atoms with E-state index in [1.54, 1.807) is 36.1 Å². The Bertz CT molecular complexity index is 1370. The van der Waals surface area contributed by atoms with E-state index in [1.165, 1.54) is 16.7 Å². The van der Waals surface area contributed by atoms with Crippen molar-refractivity contribution in [3.8, 4) is 0 Å². The second-order valence-corrected chi connectivity index (χ2v) is 11.9. The molecule has 2 aliphatic rings. The van der Waals surface area contributed by atoms with Gasteiger partial charge < -0.3 is 14.5 Å². The minimum absolute atomic E-state index is 0.0698. The highest BCUT2D eigenvalue weighted by molar-refractivity contribution is 8.00. The van der Waals surface area contributed by atoms with E-state index in [1.807, 2.05) is 60.7 Å². The Morgan fingerprint density at radius 2 is 1.59 bits per heavy atom. The lowest BCUT2D eigenvalue weighted by Crippen LogP contribution is -2.75. The molecule has 3 aromatic rings. The van der Waals surface area contributed by atoms with Crippen molar-refractivity contribution >= 4 is 75.0 Å². The lowest BCUT2D eigenvalue weighted by atomic mass is 9.87. The third kappa shape index (κ3) is 5.18. The maximum Gasteiger partial charge on any atom is 0.324 e. The first-order valence-corrected chi connectivity index (χ1v) is 14.4. The molecule has 2 fully saturated rings. The van der Waals surface area contributed by atoms with Gasteiger partial charge in [0.25, 0.3) is 0 Å². The monoisotopic (exact) mass is 598 g/mol. The van der Waals surface area contributed by atoms with Crippen LogP contribution in [-0.4, -0.2) is 50.7 Å². The zero-order chi connectivity index (χ0) is 27.7. The summed E-state index contributed by atoms with van der Waals surface area (Å²) in [6, 6.07) is 25.1. The van der Waals surface area contributed by atoms with Crippen LogP contribution < -0.4 is 4.90 Å². The molecule has 3 aromatic carbocycles. The summed E-state index contributed by atoms with van der Waals surface area (Å²) in [5.41, 5.74) is 0.545. The molecule has 200 valence electrons. The standard InChI is InChI=1S/C29H24Cl2N2O4S2/c1-18(38)33(22-14-12-21(30)13-15-22)23-25(34)32-16-29(27(31)35,17-39-26(23)32)28(36)37-24(19-8-4-2-5-9-19)20-10-6-3-7-11-20/h2-15,23-24,26H,16-17H2,1H3/t23?,26-,29?/m1/s1. The second kappa shape index (κ2) is 11.3. The number of carbonyl (C=O) groups excluding carboxylic acids is 3. The van der Waals surface area contributed by atoms with Crippen LogP contribution in [0.5, 0.6) is 0 Å². The molecule has 0 aromatic heterocycles. The van der Waals surface area contributed by atoms with E-state index in [9.17, 15) is 14.4 Å². The minimum atomic E-state index is -1.71. The molecule has 2 heterocycles. The van der Waals surface area contributed by atoms with E-state index in [4.69, 9.17) is 40.2 Å². The second-order valence-electron chi connectivity index (χ2n) is 9.44. The summed E-state index contributed by atoms with van der Waals surface area (Å²) in [7, 11) is 0. The molecule has 0 bridgehead atoms. The van der Waals surface area contributed by atoms with Crippen molar-refractivity contribution < 1.29 is 19.1 Å². The van der Waals surface area contributed by atoms with Gasteiger partial charge in [-0.25, -0.2) is 0 Å². The molecule has 0 radical (unpaired) electrons. The van der Waals surface area contributed by atoms with E-state index < -0.39 is 28.8 Å². The van der Waals surface area contributed by atoms with Gasteiger partial charge in [0, 0.05) is 23.0 Å². The molecule has 0 aliphatic carbocycles. The zero-order valence-corrected chi connectivity index (χ0v) is 24.0. The van der Waals surface area contributed by atoms with Crippen molar-refractivity contribution in [2.45, 2.75) is 24.4 Å². The number of thioether (sulfide) groups is 1. The quantitative estimate of drug-likeness (QED) is 0.111. The fourth-order valence-electron chi connectivity index (χ4n) is 4.92. The maximum atomic E-state index is 13.8. The van der Waals surface area contributed by atoms with Gasteiger partial charge in [-0.2, -0.15) is 0 Å². The van der Waals surface area contributed by atoms with Gasteiger partial charge in [-0.1, -0.05) is 84.5 Å². The number of nitrogens with zero attached hydrogens (tertiary/aromatic N) is 2. The number of hydrogen-bond donors (Lipinski definition) is 0. The number of halogens is 2. The topological polar surface area (TPSA) is 66.9 Å². The molecular weight excluding hydrogens is 575 g/mol. The Labute approximate surface area is 246 Å². The minimum Gasteiger partial charge on any atom is -0.452 e. The summed E-state index contributed by atoms with van der Waals surface area (Å²) in [6.07, 6.45) is -0.742. The predicted molar refractivity (Wildman–Crippen MR) is 158 cm³/mol. The van der Waals surface area contributed by atoms with Gasteiger partial charge in [-0.15, -0.1) is 11.8 Å². The van der Waals surface area contributed by atoms with Crippen LogP contribution in [0.3, 0.4) is 0 Å². The van der Waals surface area contributed by atoms with Crippen LogP contribution in [0.25, 0.3) is 0 Å². The van der Waals surface area contributed by atoms with Gasteiger partial charge in [-0.3, -0.25) is 14.4 Å². The molecule has 2 unspecified atom stereocenters. The first-order valence-electron chi connectivity index (χ1n) is 12.2. The first kappa shape index (κ1) is 27.6. The Hall–Kier alpha value is -2.91. The number of amides is 1. The number of thiocarbonyl (C=S) groups is 1. The highest BCUT2D eigenvalue weighted by Crippen LogP contribution is 2.47. The van der Waals surface area contributed by atoms with E-state index in [2.05, 4.69) is 0 Å². The van der Waals surface area contributed by atoms with Crippen molar-refractivity contribution in [3.63, 3.8) is 0 Å². The van der Waals surface area contributed by atoms with Gasteiger partial charge in [0.15, 0.2) is 11.5 Å². The Morgan fingerprint density at radius 3 is 2.10 bits per heavy atom. The number of carbonyl (C=O) groups is 3. The third-order valence-corrected chi connectivity index (χ3v) is 9.30. The van der Waals surface area contributed by atoms with Gasteiger partial charge in [0.1, 0.15) is 11.4 Å².